The van der Waals surface area contributed by atoms with Gasteiger partial charge in [-0.3, -0.25) is 0 Å². The van der Waals surface area contributed by atoms with Gasteiger partial charge in [-0.05, 0) is 72.9 Å². The van der Waals surface area contributed by atoms with E-state index in [1.165, 1.54) is 31.6 Å². The summed E-state index contributed by atoms with van der Waals surface area (Å²) in [5.74, 6) is 2.56. The van der Waals surface area contributed by atoms with E-state index in [1.54, 1.807) is 12.1 Å². The molecule has 1 fully saturated rings. The molecular formula is C27H32FNO5. The first-order valence-electron chi connectivity index (χ1n) is 11.8. The van der Waals surface area contributed by atoms with E-state index in [9.17, 15) is 9.50 Å². The molecule has 7 heteroatoms. The fraction of sp³-hybridized carbons (Fsp3) is 0.444. The zero-order chi connectivity index (χ0) is 24.1. The van der Waals surface area contributed by atoms with Crippen LogP contribution in [0, 0.1) is 17.7 Å². The maximum atomic E-state index is 14.6. The summed E-state index contributed by atoms with van der Waals surface area (Å²) in [5, 5.41) is 13.6. The number of ether oxygens (including phenoxy) is 3. The number of methoxy groups -OCH3 is 1. The molecular weight excluding hydrogens is 437 g/mol. The lowest BCUT2D eigenvalue weighted by molar-refractivity contribution is 0.253. The van der Waals surface area contributed by atoms with Gasteiger partial charge in [0.05, 0.1) is 19.3 Å². The minimum atomic E-state index is -0.457. The van der Waals surface area contributed by atoms with Crippen LogP contribution in [0.4, 0.5) is 4.39 Å². The van der Waals surface area contributed by atoms with E-state index in [4.69, 9.17) is 18.7 Å². The van der Waals surface area contributed by atoms with Crippen molar-refractivity contribution in [2.24, 2.45) is 11.8 Å². The summed E-state index contributed by atoms with van der Waals surface area (Å²) in [6.07, 6.45) is 3.16. The van der Waals surface area contributed by atoms with Crippen LogP contribution in [0.5, 0.6) is 17.2 Å². The Kier molecular flexibility index (Phi) is 7.73. The average Bonchev–Trinajstić information content (AvgIpc) is 3.60. The summed E-state index contributed by atoms with van der Waals surface area (Å²) >= 11 is 0. The molecule has 0 saturated heterocycles. The Morgan fingerprint density at radius 3 is 2.65 bits per heavy atom. The van der Waals surface area contributed by atoms with Crippen molar-refractivity contribution in [3.05, 3.63) is 59.5 Å². The molecule has 1 aromatic heterocycles. The Morgan fingerprint density at radius 2 is 1.94 bits per heavy atom. The smallest absolute Gasteiger partial charge is 0.212 e. The highest BCUT2D eigenvalue weighted by Crippen LogP contribution is 2.45. The van der Waals surface area contributed by atoms with Gasteiger partial charge in [-0.15, -0.1) is 0 Å². The van der Waals surface area contributed by atoms with Gasteiger partial charge in [0, 0.05) is 6.61 Å². The van der Waals surface area contributed by atoms with Gasteiger partial charge in [0.1, 0.15) is 23.9 Å². The second-order valence-corrected chi connectivity index (χ2v) is 9.16. The minimum Gasteiger partial charge on any atom is -0.497 e. The van der Waals surface area contributed by atoms with E-state index in [-0.39, 0.29) is 30.5 Å². The fourth-order valence-electron chi connectivity index (χ4n) is 4.08. The van der Waals surface area contributed by atoms with E-state index in [0.29, 0.717) is 41.4 Å². The van der Waals surface area contributed by atoms with Gasteiger partial charge >= 0.3 is 0 Å². The number of aliphatic hydroxyl groups is 1. The van der Waals surface area contributed by atoms with Crippen molar-refractivity contribution in [3.8, 4) is 28.6 Å². The van der Waals surface area contributed by atoms with Gasteiger partial charge in [0.2, 0.25) is 5.76 Å². The maximum absolute atomic E-state index is 14.6. The lowest BCUT2D eigenvalue weighted by atomic mass is 9.91. The van der Waals surface area contributed by atoms with Crippen LogP contribution in [0.15, 0.2) is 47.0 Å². The molecule has 0 spiro atoms. The molecule has 1 heterocycles. The topological polar surface area (TPSA) is 74.0 Å². The Morgan fingerprint density at radius 1 is 1.12 bits per heavy atom. The van der Waals surface area contributed by atoms with Gasteiger partial charge in [0.25, 0.3) is 0 Å². The summed E-state index contributed by atoms with van der Waals surface area (Å²) in [6, 6.07) is 12.4. The van der Waals surface area contributed by atoms with Crippen LogP contribution in [0.25, 0.3) is 11.3 Å². The fourth-order valence-corrected chi connectivity index (χ4v) is 4.08. The molecule has 3 aromatic rings. The van der Waals surface area contributed by atoms with Crippen LogP contribution in [0.3, 0.4) is 0 Å². The molecule has 1 atom stereocenters. The SMILES string of the molecule is COc1ccc(F)c(-c2onc(COc3cccc([C@@H](CCO)C4CC4)c3)c2OCC(C)C)c1. The third-order valence-corrected chi connectivity index (χ3v) is 5.99. The Bertz CT molecular complexity index is 1090. The Balaban J connectivity index is 1.57. The van der Waals surface area contributed by atoms with Crippen molar-refractivity contribution in [1.82, 2.24) is 5.16 Å². The average molecular weight is 470 g/mol. The van der Waals surface area contributed by atoms with Crippen LogP contribution in [0.1, 0.15) is 50.3 Å². The molecule has 1 aliphatic carbocycles. The molecule has 34 heavy (non-hydrogen) atoms. The predicted molar refractivity (Wildman–Crippen MR) is 127 cm³/mol. The van der Waals surface area contributed by atoms with E-state index in [1.807, 2.05) is 32.0 Å². The van der Waals surface area contributed by atoms with Gasteiger partial charge in [-0.2, -0.15) is 0 Å². The van der Waals surface area contributed by atoms with Crippen molar-refractivity contribution in [3.63, 3.8) is 0 Å². The molecule has 6 nitrogen and oxygen atoms in total. The molecule has 182 valence electrons. The molecule has 0 radical (unpaired) electrons. The lowest BCUT2D eigenvalue weighted by Crippen LogP contribution is -2.08. The maximum Gasteiger partial charge on any atom is 0.212 e. The van der Waals surface area contributed by atoms with Crippen molar-refractivity contribution in [1.29, 1.82) is 0 Å². The second-order valence-electron chi connectivity index (χ2n) is 9.16. The normalized spacial score (nSPS) is 14.3. The molecule has 0 aliphatic heterocycles. The quantitative estimate of drug-likeness (QED) is 0.352. The van der Waals surface area contributed by atoms with E-state index < -0.39 is 5.82 Å². The van der Waals surface area contributed by atoms with Crippen molar-refractivity contribution in [2.45, 2.75) is 45.6 Å². The number of aliphatic hydroxyl groups excluding tert-OH is 1. The molecule has 0 bridgehead atoms. The lowest BCUT2D eigenvalue weighted by Gasteiger charge is -2.16. The first-order chi connectivity index (χ1) is 16.5. The summed E-state index contributed by atoms with van der Waals surface area (Å²) in [6.45, 7) is 4.77. The summed E-state index contributed by atoms with van der Waals surface area (Å²) in [7, 11) is 1.52. The molecule has 2 aromatic carbocycles. The monoisotopic (exact) mass is 469 g/mol. The molecule has 1 aliphatic rings. The molecule has 4 rings (SSSR count). The van der Waals surface area contributed by atoms with Crippen LogP contribution in [-0.4, -0.2) is 30.6 Å². The van der Waals surface area contributed by atoms with E-state index >= 15 is 0 Å². The highest BCUT2D eigenvalue weighted by molar-refractivity contribution is 5.67. The van der Waals surface area contributed by atoms with Gasteiger partial charge in [0.15, 0.2) is 11.4 Å². The van der Waals surface area contributed by atoms with Gasteiger partial charge < -0.3 is 23.8 Å². The largest absolute Gasteiger partial charge is 0.497 e. The minimum absolute atomic E-state index is 0.111. The number of rotatable bonds is 12. The van der Waals surface area contributed by atoms with E-state index in [0.717, 1.165) is 6.42 Å². The van der Waals surface area contributed by atoms with Crippen molar-refractivity contribution >= 4 is 0 Å². The Hall–Kier alpha value is -3.06. The number of hydrogen-bond acceptors (Lipinski definition) is 6. The summed E-state index contributed by atoms with van der Waals surface area (Å²) in [4.78, 5) is 0. The Labute approximate surface area is 199 Å². The number of nitrogens with zero attached hydrogens (tertiary/aromatic N) is 1. The van der Waals surface area contributed by atoms with Crippen molar-refractivity contribution in [2.75, 3.05) is 20.3 Å². The summed E-state index contributed by atoms with van der Waals surface area (Å²) < 4.78 is 37.5. The molecule has 1 saturated carbocycles. The van der Waals surface area contributed by atoms with Crippen LogP contribution < -0.4 is 14.2 Å². The zero-order valence-corrected chi connectivity index (χ0v) is 19.9. The molecule has 0 unspecified atom stereocenters. The standard InChI is InChI=1S/C27H32FNO5/c1-17(2)15-33-27-25(29-34-26(27)23-14-20(31-3)9-10-24(23)28)16-32-21-6-4-5-19(13-21)22(11-12-30)18-7-8-18/h4-6,9-10,13-14,17-18,22,30H,7-8,11-12,15-16H2,1-3H3/t22-/m0/s1. The third-order valence-electron chi connectivity index (χ3n) is 5.99. The van der Waals surface area contributed by atoms with Crippen LogP contribution in [0.2, 0.25) is 0 Å². The zero-order valence-electron chi connectivity index (χ0n) is 19.9. The van der Waals surface area contributed by atoms with Crippen LogP contribution in [-0.2, 0) is 6.61 Å². The first kappa shape index (κ1) is 24.1. The third kappa shape index (κ3) is 5.70. The number of benzene rings is 2. The number of aromatic nitrogens is 1. The molecule has 1 N–H and O–H groups in total. The second kappa shape index (κ2) is 10.9. The first-order valence-corrected chi connectivity index (χ1v) is 11.8. The summed E-state index contributed by atoms with van der Waals surface area (Å²) in [5.41, 5.74) is 1.84. The van der Waals surface area contributed by atoms with Gasteiger partial charge in [-0.25, -0.2) is 4.39 Å². The highest BCUT2D eigenvalue weighted by Gasteiger charge is 2.32. The predicted octanol–water partition coefficient (Wildman–Crippen LogP) is 5.98. The van der Waals surface area contributed by atoms with Crippen LogP contribution >= 0.6 is 0 Å². The number of halogens is 1. The molecule has 0 amide bonds. The van der Waals surface area contributed by atoms with Gasteiger partial charge in [-0.1, -0.05) is 31.1 Å². The number of hydrogen-bond donors (Lipinski definition) is 1. The van der Waals surface area contributed by atoms with Crippen molar-refractivity contribution < 1.29 is 28.2 Å². The highest BCUT2D eigenvalue weighted by atomic mass is 19.1. The van der Waals surface area contributed by atoms with E-state index in [2.05, 4.69) is 11.2 Å².